The minimum absolute atomic E-state index is 1.34. The van der Waals surface area contributed by atoms with Gasteiger partial charge in [-0.3, -0.25) is 0 Å². The standard InChI is InChI=1S/C6H14.C5H12.C2H2/c1-3-5-6-4-2;1-3-5-4-2;1-2/h3-6H2,1-2H3;3-5H2,1-2H3;1-2H. The third kappa shape index (κ3) is 50.8. The molecular weight excluding hydrogens is 156 g/mol. The molecule has 0 N–H and O–H groups in total. The van der Waals surface area contributed by atoms with Crippen LogP contribution in [-0.4, -0.2) is 0 Å². The average Bonchev–Trinajstić information content (AvgIpc) is 2.20. The quantitative estimate of drug-likeness (QED) is 0.415. The molecule has 13 heavy (non-hydrogen) atoms. The van der Waals surface area contributed by atoms with Gasteiger partial charge in [0.15, 0.2) is 0 Å². The van der Waals surface area contributed by atoms with E-state index in [1.54, 1.807) is 0 Å². The lowest BCUT2D eigenvalue weighted by Crippen LogP contribution is -1.66. The summed E-state index contributed by atoms with van der Waals surface area (Å²) in [5.74, 6) is 0. The van der Waals surface area contributed by atoms with Crippen molar-refractivity contribution in [3.8, 4) is 12.8 Å². The summed E-state index contributed by atoms with van der Waals surface area (Å²) in [4.78, 5) is 0. The molecule has 0 amide bonds. The lowest BCUT2D eigenvalue weighted by molar-refractivity contribution is 0.702. The van der Waals surface area contributed by atoms with Gasteiger partial charge in [-0.1, -0.05) is 72.6 Å². The Kier molecular flexibility index (Phi) is 42.3. The Labute approximate surface area is 86.1 Å². The fraction of sp³-hybridized carbons (Fsp3) is 0.846. The second-order valence-electron chi connectivity index (χ2n) is 3.06. The van der Waals surface area contributed by atoms with E-state index in [0.717, 1.165) is 0 Å². The fourth-order valence-corrected chi connectivity index (χ4v) is 0.854. The first-order chi connectivity index (χ1) is 6.33. The highest BCUT2D eigenvalue weighted by atomic mass is 13.8. The molecule has 0 nitrogen and oxygen atoms in total. The molecule has 0 spiro atoms. The van der Waals surface area contributed by atoms with Crippen molar-refractivity contribution in [3.05, 3.63) is 0 Å². The van der Waals surface area contributed by atoms with E-state index in [-0.39, 0.29) is 0 Å². The Balaban J connectivity index is -0.000000131. The third-order valence-electron chi connectivity index (χ3n) is 1.66. The predicted octanol–water partition coefficient (Wildman–Crippen LogP) is 5.03. The van der Waals surface area contributed by atoms with Crippen LogP contribution < -0.4 is 0 Å². The number of rotatable bonds is 5. The summed E-state index contributed by atoms with van der Waals surface area (Å²) in [6.45, 7) is 8.89. The molecule has 0 saturated carbocycles. The maximum absolute atomic E-state index is 4.00. The number of unbranched alkanes of at least 4 members (excludes halogenated alkanes) is 5. The zero-order valence-corrected chi connectivity index (χ0v) is 10.1. The van der Waals surface area contributed by atoms with Crippen LogP contribution in [0, 0.1) is 12.8 Å². The molecule has 0 aromatic carbocycles. The van der Waals surface area contributed by atoms with Gasteiger partial charge in [-0.25, -0.2) is 0 Å². The molecule has 0 aromatic rings. The summed E-state index contributed by atoms with van der Waals surface area (Å²) in [6, 6.07) is 0. The molecule has 0 aliphatic carbocycles. The summed E-state index contributed by atoms with van der Waals surface area (Å²) in [5.41, 5.74) is 0. The van der Waals surface area contributed by atoms with E-state index >= 15 is 0 Å². The van der Waals surface area contributed by atoms with Crippen molar-refractivity contribution in [1.29, 1.82) is 0 Å². The summed E-state index contributed by atoms with van der Waals surface area (Å²) in [5, 5.41) is 0. The molecule has 0 heterocycles. The predicted molar refractivity (Wildman–Crippen MR) is 64.9 cm³/mol. The molecule has 0 unspecified atom stereocenters. The Morgan fingerprint density at radius 3 is 0.846 bits per heavy atom. The van der Waals surface area contributed by atoms with Crippen LogP contribution in [0.5, 0.6) is 0 Å². The lowest BCUT2D eigenvalue weighted by Gasteiger charge is -1.86. The Morgan fingerprint density at radius 2 is 0.769 bits per heavy atom. The topological polar surface area (TPSA) is 0 Å². The van der Waals surface area contributed by atoms with Crippen LogP contribution in [0.3, 0.4) is 0 Å². The van der Waals surface area contributed by atoms with Crippen molar-refractivity contribution < 1.29 is 0 Å². The molecule has 0 saturated heterocycles. The van der Waals surface area contributed by atoms with Crippen LogP contribution in [-0.2, 0) is 0 Å². The van der Waals surface area contributed by atoms with E-state index in [0.29, 0.717) is 0 Å². The maximum Gasteiger partial charge on any atom is -0.0536 e. The first-order valence-electron chi connectivity index (χ1n) is 5.66. The molecule has 0 aromatic heterocycles. The maximum atomic E-state index is 4.00. The van der Waals surface area contributed by atoms with Crippen molar-refractivity contribution in [3.63, 3.8) is 0 Å². The second kappa shape index (κ2) is 30.0. The Hall–Kier alpha value is -0.440. The van der Waals surface area contributed by atoms with Crippen LogP contribution in [0.15, 0.2) is 0 Å². The molecule has 0 heteroatoms. The molecular formula is C13H28. The van der Waals surface area contributed by atoms with Crippen LogP contribution in [0.1, 0.15) is 72.6 Å². The van der Waals surface area contributed by atoms with Gasteiger partial charge in [0.05, 0.1) is 0 Å². The Bertz CT molecular complexity index is 55.7. The van der Waals surface area contributed by atoms with Gasteiger partial charge in [0.2, 0.25) is 0 Å². The van der Waals surface area contributed by atoms with Gasteiger partial charge < -0.3 is 0 Å². The van der Waals surface area contributed by atoms with Crippen molar-refractivity contribution in [2.45, 2.75) is 72.6 Å². The minimum Gasteiger partial charge on any atom is -0.124 e. The van der Waals surface area contributed by atoms with Crippen LogP contribution >= 0.6 is 0 Å². The molecule has 80 valence electrons. The van der Waals surface area contributed by atoms with E-state index in [2.05, 4.69) is 40.5 Å². The molecule has 0 fully saturated rings. The van der Waals surface area contributed by atoms with Crippen LogP contribution in [0.25, 0.3) is 0 Å². The molecule has 0 bridgehead atoms. The molecule has 0 aliphatic rings. The van der Waals surface area contributed by atoms with E-state index in [1.165, 1.54) is 44.9 Å². The normalized spacial score (nSPS) is 7.54. The van der Waals surface area contributed by atoms with Gasteiger partial charge in [0, 0.05) is 0 Å². The van der Waals surface area contributed by atoms with Gasteiger partial charge in [-0.2, -0.15) is 0 Å². The highest BCUT2D eigenvalue weighted by Gasteiger charge is 1.75. The lowest BCUT2D eigenvalue weighted by atomic mass is 10.2. The smallest absolute Gasteiger partial charge is 0.0536 e. The van der Waals surface area contributed by atoms with Gasteiger partial charge in [0.1, 0.15) is 0 Å². The number of hydrogen-bond donors (Lipinski definition) is 0. The molecule has 0 atom stereocenters. The van der Waals surface area contributed by atoms with Crippen molar-refractivity contribution in [2.24, 2.45) is 0 Å². The molecule has 0 radical (unpaired) electrons. The van der Waals surface area contributed by atoms with E-state index in [9.17, 15) is 0 Å². The largest absolute Gasteiger partial charge is 0.124 e. The van der Waals surface area contributed by atoms with Crippen molar-refractivity contribution >= 4 is 0 Å². The third-order valence-corrected chi connectivity index (χ3v) is 1.66. The fourth-order valence-electron chi connectivity index (χ4n) is 0.854. The van der Waals surface area contributed by atoms with Crippen LogP contribution in [0.2, 0.25) is 0 Å². The highest BCUT2D eigenvalue weighted by Crippen LogP contribution is 1.95. The van der Waals surface area contributed by atoms with Gasteiger partial charge in [0.25, 0.3) is 0 Å². The van der Waals surface area contributed by atoms with Gasteiger partial charge in [-0.05, 0) is 0 Å². The minimum atomic E-state index is 1.34. The summed E-state index contributed by atoms with van der Waals surface area (Å²) in [6.07, 6.45) is 17.6. The van der Waals surface area contributed by atoms with Crippen LogP contribution in [0.4, 0.5) is 0 Å². The van der Waals surface area contributed by atoms with E-state index < -0.39 is 0 Å². The van der Waals surface area contributed by atoms with Gasteiger partial charge in [-0.15, -0.1) is 12.8 Å². The summed E-state index contributed by atoms with van der Waals surface area (Å²) < 4.78 is 0. The zero-order chi connectivity index (χ0) is 10.9. The molecule has 0 aliphatic heterocycles. The summed E-state index contributed by atoms with van der Waals surface area (Å²) >= 11 is 0. The Morgan fingerprint density at radius 1 is 0.538 bits per heavy atom. The SMILES string of the molecule is C#C.CCCCC.CCCCCC. The van der Waals surface area contributed by atoms with E-state index in [4.69, 9.17) is 0 Å². The number of hydrogen-bond acceptors (Lipinski definition) is 0. The van der Waals surface area contributed by atoms with Gasteiger partial charge >= 0.3 is 0 Å². The first kappa shape index (κ1) is 18.4. The monoisotopic (exact) mass is 184 g/mol. The van der Waals surface area contributed by atoms with Crippen molar-refractivity contribution in [2.75, 3.05) is 0 Å². The number of terminal acetylenes is 1. The first-order valence-corrected chi connectivity index (χ1v) is 5.66. The average molecular weight is 184 g/mol. The second-order valence-corrected chi connectivity index (χ2v) is 3.06. The zero-order valence-electron chi connectivity index (χ0n) is 10.1. The van der Waals surface area contributed by atoms with Crippen molar-refractivity contribution in [1.82, 2.24) is 0 Å². The molecule has 0 rings (SSSR count). The van der Waals surface area contributed by atoms with E-state index in [1.807, 2.05) is 0 Å². The highest BCUT2D eigenvalue weighted by molar-refractivity contribution is 4.47. The summed E-state index contributed by atoms with van der Waals surface area (Å²) in [7, 11) is 0.